The molecule has 1 heterocycles. The summed E-state index contributed by atoms with van der Waals surface area (Å²) in [5, 5.41) is 2.89. The van der Waals surface area contributed by atoms with Gasteiger partial charge in [0.05, 0.1) is 17.6 Å². The SMILES string of the molecule is Cc1ccccc1Nc1cc(C(F)(F)F)ncc1N. The van der Waals surface area contributed by atoms with E-state index in [1.165, 1.54) is 0 Å². The van der Waals surface area contributed by atoms with Crippen LogP contribution in [-0.4, -0.2) is 4.98 Å². The van der Waals surface area contributed by atoms with Crippen LogP contribution in [0.2, 0.25) is 0 Å². The minimum atomic E-state index is -4.49. The summed E-state index contributed by atoms with van der Waals surface area (Å²) in [6.45, 7) is 1.85. The number of para-hydroxylation sites is 1. The lowest BCUT2D eigenvalue weighted by Crippen LogP contribution is -2.09. The van der Waals surface area contributed by atoms with E-state index in [-0.39, 0.29) is 11.4 Å². The average molecular weight is 267 g/mol. The first-order valence-electron chi connectivity index (χ1n) is 5.53. The van der Waals surface area contributed by atoms with Gasteiger partial charge in [-0.3, -0.25) is 0 Å². The molecule has 2 aromatic rings. The Bertz CT molecular complexity index is 594. The van der Waals surface area contributed by atoms with Crippen LogP contribution < -0.4 is 11.1 Å². The average Bonchev–Trinajstić information content (AvgIpc) is 2.33. The molecule has 0 saturated carbocycles. The van der Waals surface area contributed by atoms with E-state index in [4.69, 9.17) is 5.73 Å². The smallest absolute Gasteiger partial charge is 0.396 e. The van der Waals surface area contributed by atoms with E-state index in [1.54, 1.807) is 12.1 Å². The molecule has 0 atom stereocenters. The number of nitrogens with two attached hydrogens (primary N) is 1. The minimum Gasteiger partial charge on any atom is -0.396 e. The van der Waals surface area contributed by atoms with Crippen molar-refractivity contribution in [3.05, 3.63) is 47.8 Å². The zero-order valence-corrected chi connectivity index (χ0v) is 10.1. The number of pyridine rings is 1. The number of benzene rings is 1. The van der Waals surface area contributed by atoms with Crippen LogP contribution in [0.1, 0.15) is 11.3 Å². The van der Waals surface area contributed by atoms with Crippen molar-refractivity contribution in [3.63, 3.8) is 0 Å². The third-order valence-corrected chi connectivity index (χ3v) is 2.64. The van der Waals surface area contributed by atoms with Gasteiger partial charge in [-0.1, -0.05) is 18.2 Å². The number of hydrogen-bond acceptors (Lipinski definition) is 3. The fraction of sp³-hybridized carbons (Fsp3) is 0.154. The lowest BCUT2D eigenvalue weighted by Gasteiger charge is -2.13. The van der Waals surface area contributed by atoms with Gasteiger partial charge < -0.3 is 11.1 Å². The zero-order chi connectivity index (χ0) is 14.0. The topological polar surface area (TPSA) is 50.9 Å². The highest BCUT2D eigenvalue weighted by atomic mass is 19.4. The van der Waals surface area contributed by atoms with Crippen LogP contribution in [0.5, 0.6) is 0 Å². The van der Waals surface area contributed by atoms with Crippen LogP contribution in [0.3, 0.4) is 0 Å². The molecule has 100 valence electrons. The Morgan fingerprint density at radius 3 is 2.47 bits per heavy atom. The Hall–Kier alpha value is -2.24. The van der Waals surface area contributed by atoms with E-state index in [1.807, 2.05) is 19.1 Å². The number of halogens is 3. The number of nitrogens with zero attached hydrogens (tertiary/aromatic N) is 1. The molecule has 0 radical (unpaired) electrons. The Balaban J connectivity index is 2.38. The first-order chi connectivity index (χ1) is 8.88. The number of hydrogen-bond donors (Lipinski definition) is 2. The molecule has 0 unspecified atom stereocenters. The van der Waals surface area contributed by atoms with Crippen molar-refractivity contribution in [1.29, 1.82) is 0 Å². The highest BCUT2D eigenvalue weighted by molar-refractivity contribution is 5.73. The Labute approximate surface area is 108 Å². The van der Waals surface area contributed by atoms with Gasteiger partial charge in [-0.2, -0.15) is 13.2 Å². The van der Waals surface area contributed by atoms with Crippen molar-refractivity contribution >= 4 is 17.1 Å². The maximum atomic E-state index is 12.6. The van der Waals surface area contributed by atoms with Crippen molar-refractivity contribution in [2.75, 3.05) is 11.1 Å². The Morgan fingerprint density at radius 1 is 1.16 bits per heavy atom. The first kappa shape index (κ1) is 13.2. The molecule has 3 nitrogen and oxygen atoms in total. The number of aromatic nitrogens is 1. The van der Waals surface area contributed by atoms with Crippen molar-refractivity contribution in [2.45, 2.75) is 13.1 Å². The molecule has 0 aliphatic heterocycles. The molecule has 0 bridgehead atoms. The molecule has 0 aliphatic carbocycles. The van der Waals surface area contributed by atoms with E-state index < -0.39 is 11.9 Å². The van der Waals surface area contributed by atoms with Crippen LogP contribution in [-0.2, 0) is 6.18 Å². The molecule has 3 N–H and O–H groups in total. The predicted molar refractivity (Wildman–Crippen MR) is 68.1 cm³/mol. The van der Waals surface area contributed by atoms with Gasteiger partial charge in [0.25, 0.3) is 0 Å². The Morgan fingerprint density at radius 2 is 1.84 bits per heavy atom. The van der Waals surface area contributed by atoms with E-state index >= 15 is 0 Å². The van der Waals surface area contributed by atoms with Crippen molar-refractivity contribution in [1.82, 2.24) is 4.98 Å². The lowest BCUT2D eigenvalue weighted by atomic mass is 10.2. The van der Waals surface area contributed by atoms with Crippen molar-refractivity contribution in [2.24, 2.45) is 0 Å². The van der Waals surface area contributed by atoms with E-state index in [0.717, 1.165) is 17.8 Å². The minimum absolute atomic E-state index is 0.163. The molecule has 0 spiro atoms. The van der Waals surface area contributed by atoms with Crippen LogP contribution in [0.15, 0.2) is 36.5 Å². The summed E-state index contributed by atoms with van der Waals surface area (Å²) in [5.74, 6) is 0. The molecular formula is C13H12F3N3. The fourth-order valence-electron chi connectivity index (χ4n) is 1.59. The maximum Gasteiger partial charge on any atom is 0.433 e. The fourth-order valence-corrected chi connectivity index (χ4v) is 1.59. The monoisotopic (exact) mass is 267 g/mol. The van der Waals surface area contributed by atoms with Gasteiger partial charge in [0.1, 0.15) is 5.69 Å². The molecule has 19 heavy (non-hydrogen) atoms. The summed E-state index contributed by atoms with van der Waals surface area (Å²) >= 11 is 0. The number of nitrogens with one attached hydrogen (secondary N) is 1. The summed E-state index contributed by atoms with van der Waals surface area (Å²) in [6.07, 6.45) is -3.49. The number of aryl methyl sites for hydroxylation is 1. The van der Waals surface area contributed by atoms with Crippen molar-refractivity contribution in [3.8, 4) is 0 Å². The largest absolute Gasteiger partial charge is 0.433 e. The van der Waals surface area contributed by atoms with Gasteiger partial charge >= 0.3 is 6.18 Å². The predicted octanol–water partition coefficient (Wildman–Crippen LogP) is 3.73. The molecule has 1 aromatic heterocycles. The summed E-state index contributed by atoms with van der Waals surface area (Å²) < 4.78 is 37.8. The standard InChI is InChI=1S/C13H12F3N3/c1-8-4-2-3-5-10(8)19-11-6-12(13(14,15)16)18-7-9(11)17/h2-7H,17H2,1H3,(H,18,19). The molecule has 2 rings (SSSR count). The number of nitrogen functional groups attached to an aromatic ring is 1. The molecule has 0 fully saturated rings. The summed E-state index contributed by atoms with van der Waals surface area (Å²) in [4.78, 5) is 3.28. The second-order valence-corrected chi connectivity index (χ2v) is 4.09. The number of alkyl halides is 3. The van der Waals surface area contributed by atoms with Gasteiger partial charge in [-0.05, 0) is 24.6 Å². The summed E-state index contributed by atoms with van der Waals surface area (Å²) in [5.41, 5.74) is 6.63. The number of rotatable bonds is 2. The van der Waals surface area contributed by atoms with E-state index in [9.17, 15) is 13.2 Å². The molecule has 1 aromatic carbocycles. The normalized spacial score (nSPS) is 11.4. The summed E-state index contributed by atoms with van der Waals surface area (Å²) in [7, 11) is 0. The number of anilines is 3. The van der Waals surface area contributed by atoms with Gasteiger partial charge in [-0.15, -0.1) is 0 Å². The third kappa shape index (κ3) is 2.96. The second-order valence-electron chi connectivity index (χ2n) is 4.09. The van der Waals surface area contributed by atoms with E-state index in [2.05, 4.69) is 10.3 Å². The van der Waals surface area contributed by atoms with Gasteiger partial charge in [-0.25, -0.2) is 4.98 Å². The van der Waals surface area contributed by atoms with Crippen molar-refractivity contribution < 1.29 is 13.2 Å². The van der Waals surface area contributed by atoms with Crippen LogP contribution >= 0.6 is 0 Å². The molecule has 0 amide bonds. The van der Waals surface area contributed by atoms with Crippen LogP contribution in [0.4, 0.5) is 30.2 Å². The highest BCUT2D eigenvalue weighted by Gasteiger charge is 2.32. The summed E-state index contributed by atoms with van der Waals surface area (Å²) in [6, 6.07) is 8.16. The van der Waals surface area contributed by atoms with Crippen LogP contribution in [0.25, 0.3) is 0 Å². The zero-order valence-electron chi connectivity index (χ0n) is 10.1. The molecule has 0 saturated heterocycles. The molecular weight excluding hydrogens is 255 g/mol. The quantitative estimate of drug-likeness (QED) is 0.871. The third-order valence-electron chi connectivity index (χ3n) is 2.64. The van der Waals surface area contributed by atoms with Crippen LogP contribution in [0, 0.1) is 6.92 Å². The lowest BCUT2D eigenvalue weighted by molar-refractivity contribution is -0.141. The van der Waals surface area contributed by atoms with Gasteiger partial charge in [0.2, 0.25) is 0 Å². The van der Waals surface area contributed by atoms with E-state index in [0.29, 0.717) is 5.69 Å². The first-order valence-corrected chi connectivity index (χ1v) is 5.53. The molecule has 6 heteroatoms. The van der Waals surface area contributed by atoms with Gasteiger partial charge in [0.15, 0.2) is 0 Å². The highest BCUT2D eigenvalue weighted by Crippen LogP contribution is 2.32. The second kappa shape index (κ2) is 4.79. The Kier molecular flexibility index (Phi) is 3.33. The molecule has 0 aliphatic rings. The van der Waals surface area contributed by atoms with Gasteiger partial charge in [0, 0.05) is 5.69 Å². The maximum absolute atomic E-state index is 12.6.